The molecule has 0 aliphatic carbocycles. The Morgan fingerprint density at radius 3 is 2.67 bits per heavy atom. The molecule has 3 N–H and O–H groups in total. The van der Waals surface area contributed by atoms with Crippen LogP contribution in [0.3, 0.4) is 0 Å². The van der Waals surface area contributed by atoms with Crippen LogP contribution in [0, 0.1) is 5.92 Å². The Morgan fingerprint density at radius 1 is 1.28 bits per heavy atom. The molecule has 36 heavy (non-hydrogen) atoms. The quantitative estimate of drug-likeness (QED) is 0.212. The summed E-state index contributed by atoms with van der Waals surface area (Å²) in [7, 11) is -4.15. The van der Waals surface area contributed by atoms with Crippen molar-refractivity contribution >= 4 is 13.7 Å². The second-order valence-corrected chi connectivity index (χ2v) is 10.2. The van der Waals surface area contributed by atoms with Crippen LogP contribution in [0.4, 0.5) is 0 Å². The molecule has 198 valence electrons. The van der Waals surface area contributed by atoms with Crippen molar-refractivity contribution in [1.29, 1.82) is 0 Å². The highest BCUT2D eigenvalue weighted by atomic mass is 31.2. The van der Waals surface area contributed by atoms with Gasteiger partial charge in [-0.15, -0.1) is 0 Å². The van der Waals surface area contributed by atoms with Crippen molar-refractivity contribution in [3.05, 3.63) is 63.4 Å². The number of para-hydroxylation sites is 1. The predicted octanol–water partition coefficient (Wildman–Crippen LogP) is 1.96. The molecule has 1 aromatic heterocycles. The van der Waals surface area contributed by atoms with Gasteiger partial charge in [0, 0.05) is 18.2 Å². The largest absolute Gasteiger partial charge is 0.465 e. The van der Waals surface area contributed by atoms with Gasteiger partial charge in [-0.05, 0) is 25.5 Å². The molecule has 2 heterocycles. The van der Waals surface area contributed by atoms with Gasteiger partial charge in [0.1, 0.15) is 24.1 Å². The Kier molecular flexibility index (Phi) is 9.63. The first-order valence-electron chi connectivity index (χ1n) is 11.7. The number of ether oxygens (including phenoxy) is 2. The second kappa shape index (κ2) is 12.5. The van der Waals surface area contributed by atoms with E-state index < -0.39 is 55.4 Å². The van der Waals surface area contributed by atoms with Crippen LogP contribution < -0.4 is 20.9 Å². The Hall–Kier alpha value is -2.76. The molecule has 0 saturated carbocycles. The van der Waals surface area contributed by atoms with E-state index in [2.05, 4.69) is 10.1 Å². The molecule has 3 rings (SSSR count). The highest BCUT2D eigenvalue weighted by Gasteiger charge is 2.44. The normalized spacial score (nSPS) is 24.1. The number of benzene rings is 1. The van der Waals surface area contributed by atoms with Crippen LogP contribution in [-0.4, -0.2) is 52.1 Å². The van der Waals surface area contributed by atoms with Crippen LogP contribution in [0.15, 0.2) is 52.2 Å². The summed E-state index contributed by atoms with van der Waals surface area (Å²) in [5.41, 5.74) is -1.25. The summed E-state index contributed by atoms with van der Waals surface area (Å²) in [6.45, 7) is 4.95. The van der Waals surface area contributed by atoms with Gasteiger partial charge >= 0.3 is 19.4 Å². The lowest BCUT2D eigenvalue weighted by molar-refractivity contribution is -0.145. The van der Waals surface area contributed by atoms with Crippen molar-refractivity contribution in [3.63, 3.8) is 0 Å². The number of aliphatic hydroxyl groups is 1. The van der Waals surface area contributed by atoms with Gasteiger partial charge in [-0.1, -0.05) is 38.5 Å². The average molecular weight is 525 g/mol. The molecule has 2 aromatic rings. The predicted molar refractivity (Wildman–Crippen MR) is 129 cm³/mol. The molecule has 0 bridgehead atoms. The number of esters is 1. The van der Waals surface area contributed by atoms with Crippen molar-refractivity contribution in [2.24, 2.45) is 5.92 Å². The van der Waals surface area contributed by atoms with Gasteiger partial charge in [0.05, 0.1) is 19.3 Å². The summed E-state index contributed by atoms with van der Waals surface area (Å²) < 4.78 is 37.0. The van der Waals surface area contributed by atoms with Crippen molar-refractivity contribution in [3.8, 4) is 5.75 Å². The smallest absolute Gasteiger partial charge is 0.459 e. The van der Waals surface area contributed by atoms with Gasteiger partial charge in [-0.3, -0.25) is 23.7 Å². The second-order valence-electron chi connectivity index (χ2n) is 8.50. The molecule has 0 spiro atoms. The van der Waals surface area contributed by atoms with Crippen LogP contribution in [0.25, 0.3) is 0 Å². The lowest BCUT2D eigenvalue weighted by atomic mass is 10.0. The maximum Gasteiger partial charge on any atom is 0.459 e. The van der Waals surface area contributed by atoms with Crippen LogP contribution >= 0.6 is 7.75 Å². The molecule has 1 unspecified atom stereocenters. The van der Waals surface area contributed by atoms with Crippen LogP contribution in [0.1, 0.15) is 39.8 Å². The molecule has 6 atom stereocenters. The van der Waals surface area contributed by atoms with Gasteiger partial charge in [0.15, 0.2) is 0 Å². The first kappa shape index (κ1) is 27.8. The summed E-state index contributed by atoms with van der Waals surface area (Å²) in [4.78, 5) is 38.0. The third-order valence-electron chi connectivity index (χ3n) is 5.63. The standard InChI is InChI=1S/C23H32N3O9P/c1-4-5-13-32-22(29)16(3)25-36(31,35-17-9-7-6-8-10-17)33-14-18-20(28)15(2)21(34-18)26-12-11-19(27)24-23(26)30/h6-12,15-16,18,20-21,28H,4-5,13-14H2,1-3H3,(H,25,31)(H,24,27,30)/t15-,16-,18+,20-,21+,36?/m0/s1. The van der Waals surface area contributed by atoms with Gasteiger partial charge in [0.25, 0.3) is 5.56 Å². The fourth-order valence-electron chi connectivity index (χ4n) is 3.59. The summed E-state index contributed by atoms with van der Waals surface area (Å²) in [5.74, 6) is -0.942. The van der Waals surface area contributed by atoms with Crippen LogP contribution in [0.2, 0.25) is 0 Å². The highest BCUT2D eigenvalue weighted by Crippen LogP contribution is 2.46. The average Bonchev–Trinajstić information content (AvgIpc) is 3.12. The number of aromatic nitrogens is 2. The molecule has 0 amide bonds. The third-order valence-corrected chi connectivity index (χ3v) is 7.28. The Balaban J connectivity index is 1.72. The summed E-state index contributed by atoms with van der Waals surface area (Å²) in [6, 6.07) is 8.41. The number of nitrogens with zero attached hydrogens (tertiary/aromatic N) is 1. The molecule has 13 heteroatoms. The molecule has 12 nitrogen and oxygen atoms in total. The maximum absolute atomic E-state index is 13.6. The summed E-state index contributed by atoms with van der Waals surface area (Å²) >= 11 is 0. The number of unbranched alkanes of at least 4 members (excludes halogenated alkanes) is 1. The molecule has 1 aromatic carbocycles. The van der Waals surface area contributed by atoms with Crippen LogP contribution in [-0.2, 0) is 23.4 Å². The zero-order chi connectivity index (χ0) is 26.3. The monoisotopic (exact) mass is 525 g/mol. The number of hydrogen-bond donors (Lipinski definition) is 3. The molecular weight excluding hydrogens is 493 g/mol. The number of rotatable bonds is 12. The number of nitrogens with one attached hydrogen (secondary N) is 2. The molecule has 1 saturated heterocycles. The lowest BCUT2D eigenvalue weighted by Gasteiger charge is -2.24. The number of hydrogen-bond acceptors (Lipinski definition) is 9. The van der Waals surface area contributed by atoms with E-state index in [0.29, 0.717) is 6.42 Å². The highest BCUT2D eigenvalue weighted by molar-refractivity contribution is 7.52. The van der Waals surface area contributed by atoms with E-state index in [0.717, 1.165) is 11.0 Å². The minimum atomic E-state index is -4.15. The first-order chi connectivity index (χ1) is 17.1. The third kappa shape index (κ3) is 7.14. The zero-order valence-electron chi connectivity index (χ0n) is 20.4. The minimum Gasteiger partial charge on any atom is -0.465 e. The fraction of sp³-hybridized carbons (Fsp3) is 0.522. The lowest BCUT2D eigenvalue weighted by Crippen LogP contribution is -2.36. The van der Waals surface area contributed by atoms with Crippen molar-refractivity contribution < 1.29 is 33.0 Å². The van der Waals surface area contributed by atoms with Crippen molar-refractivity contribution in [2.45, 2.75) is 58.1 Å². The molecule has 1 fully saturated rings. The number of aliphatic hydroxyl groups excluding tert-OH is 1. The van der Waals surface area contributed by atoms with E-state index in [4.69, 9.17) is 18.5 Å². The molecular formula is C23H32N3O9P. The zero-order valence-corrected chi connectivity index (χ0v) is 21.3. The van der Waals surface area contributed by atoms with Gasteiger partial charge in [-0.2, -0.15) is 5.09 Å². The topological polar surface area (TPSA) is 158 Å². The number of carbonyl (C=O) groups excluding carboxylic acids is 1. The Morgan fingerprint density at radius 2 is 2.00 bits per heavy atom. The van der Waals surface area contributed by atoms with E-state index in [1.54, 1.807) is 37.3 Å². The van der Waals surface area contributed by atoms with E-state index in [9.17, 15) is 24.1 Å². The molecule has 1 aliphatic heterocycles. The maximum atomic E-state index is 13.6. The molecule has 1 aliphatic rings. The van der Waals surface area contributed by atoms with E-state index in [-0.39, 0.29) is 19.0 Å². The molecule has 0 radical (unpaired) electrons. The van der Waals surface area contributed by atoms with Gasteiger partial charge in [0.2, 0.25) is 0 Å². The fourth-order valence-corrected chi connectivity index (χ4v) is 5.09. The van der Waals surface area contributed by atoms with Crippen molar-refractivity contribution in [1.82, 2.24) is 14.6 Å². The number of aromatic amines is 1. The van der Waals surface area contributed by atoms with Crippen molar-refractivity contribution in [2.75, 3.05) is 13.2 Å². The van der Waals surface area contributed by atoms with Gasteiger partial charge < -0.3 is 19.1 Å². The summed E-state index contributed by atoms with van der Waals surface area (Å²) in [6.07, 6.45) is -0.146. The number of H-pyrrole nitrogens is 1. The van der Waals surface area contributed by atoms with E-state index in [1.165, 1.54) is 19.2 Å². The van der Waals surface area contributed by atoms with Crippen LogP contribution in [0.5, 0.6) is 5.75 Å². The SMILES string of the molecule is CCCCOC(=O)[C@H](C)NP(=O)(OC[C@H]1O[C@@H](n2ccc(=O)[nH]c2=O)[C@@H](C)[C@@H]1O)Oc1ccccc1. The minimum absolute atomic E-state index is 0.234. The number of carbonyl (C=O) groups is 1. The Bertz CT molecular complexity index is 1170. The van der Waals surface area contributed by atoms with Gasteiger partial charge in [-0.25, -0.2) is 9.36 Å². The van der Waals surface area contributed by atoms with E-state index >= 15 is 0 Å². The van der Waals surface area contributed by atoms with E-state index in [1.807, 2.05) is 6.92 Å². The summed E-state index contributed by atoms with van der Waals surface area (Å²) in [5, 5.41) is 13.3. The first-order valence-corrected chi connectivity index (χ1v) is 13.3. The Labute approximate surface area is 208 Å².